The Kier molecular flexibility index (Phi) is 5.48. The van der Waals surface area contributed by atoms with Crippen molar-refractivity contribution in [2.75, 3.05) is 12.3 Å². The summed E-state index contributed by atoms with van der Waals surface area (Å²) >= 11 is 1.64. The lowest BCUT2D eigenvalue weighted by atomic mass is 10.1. The number of hydrogen-bond acceptors (Lipinski definition) is 4. The van der Waals surface area contributed by atoms with Crippen LogP contribution in [0.1, 0.15) is 31.0 Å². The molecular formula is C15H20N2OS. The van der Waals surface area contributed by atoms with Gasteiger partial charge in [0.25, 0.3) is 5.22 Å². The summed E-state index contributed by atoms with van der Waals surface area (Å²) in [6, 6.07) is 9.16. The smallest absolute Gasteiger partial charge is 0.255 e. The van der Waals surface area contributed by atoms with Crippen LogP contribution in [0.5, 0.6) is 0 Å². The highest BCUT2D eigenvalue weighted by molar-refractivity contribution is 7.99. The molecule has 0 saturated heterocycles. The van der Waals surface area contributed by atoms with Crippen molar-refractivity contribution < 1.29 is 4.42 Å². The molecule has 1 atom stereocenters. The average Bonchev–Trinajstić information content (AvgIpc) is 2.97. The van der Waals surface area contributed by atoms with Crippen LogP contribution in [0.25, 0.3) is 0 Å². The molecule has 0 fully saturated rings. The predicted molar refractivity (Wildman–Crippen MR) is 79.5 cm³/mol. The van der Waals surface area contributed by atoms with Crippen LogP contribution >= 0.6 is 11.8 Å². The minimum atomic E-state index is 0.327. The summed E-state index contributed by atoms with van der Waals surface area (Å²) in [6.07, 6.45) is 4.37. The molecule has 0 radical (unpaired) electrons. The molecule has 0 bridgehead atoms. The van der Waals surface area contributed by atoms with E-state index < -0.39 is 0 Å². The van der Waals surface area contributed by atoms with Crippen LogP contribution in [-0.4, -0.2) is 17.3 Å². The molecule has 102 valence electrons. The normalized spacial score (nSPS) is 12.5. The first kappa shape index (κ1) is 14.2. The van der Waals surface area contributed by atoms with E-state index in [1.165, 1.54) is 11.1 Å². The fraction of sp³-hybridized carbons (Fsp3) is 0.400. The average molecular weight is 276 g/mol. The second-order valence-electron chi connectivity index (χ2n) is 4.31. The molecule has 0 aliphatic heterocycles. The number of aromatic nitrogens is 1. The summed E-state index contributed by atoms with van der Waals surface area (Å²) in [5.41, 5.74) is 2.69. The van der Waals surface area contributed by atoms with Crippen LogP contribution in [0.15, 0.2) is 46.4 Å². The quantitative estimate of drug-likeness (QED) is 0.783. The molecule has 1 aromatic carbocycles. The third-order valence-electron chi connectivity index (χ3n) is 3.02. The second-order valence-corrected chi connectivity index (χ2v) is 5.29. The van der Waals surface area contributed by atoms with Crippen molar-refractivity contribution in [3.8, 4) is 0 Å². The number of nitrogens with one attached hydrogen (secondary N) is 1. The van der Waals surface area contributed by atoms with E-state index in [4.69, 9.17) is 4.42 Å². The van der Waals surface area contributed by atoms with Crippen molar-refractivity contribution in [3.05, 3.63) is 47.9 Å². The lowest BCUT2D eigenvalue weighted by Crippen LogP contribution is -2.22. The SMILES string of the molecule is CCNC(CSc1ncco1)c1ccc(CC)cc1. The Labute approximate surface area is 118 Å². The number of hydrogen-bond donors (Lipinski definition) is 1. The summed E-state index contributed by atoms with van der Waals surface area (Å²) in [6.45, 7) is 5.25. The maximum Gasteiger partial charge on any atom is 0.255 e. The fourth-order valence-corrected chi connectivity index (χ4v) is 2.82. The van der Waals surface area contributed by atoms with E-state index in [1.807, 2.05) is 0 Å². The van der Waals surface area contributed by atoms with Crippen molar-refractivity contribution in [1.29, 1.82) is 0 Å². The Morgan fingerprint density at radius 3 is 2.63 bits per heavy atom. The van der Waals surface area contributed by atoms with Crippen molar-refractivity contribution >= 4 is 11.8 Å². The monoisotopic (exact) mass is 276 g/mol. The lowest BCUT2D eigenvalue weighted by molar-refractivity contribution is 0.453. The zero-order valence-corrected chi connectivity index (χ0v) is 12.2. The van der Waals surface area contributed by atoms with Gasteiger partial charge < -0.3 is 9.73 Å². The maximum atomic E-state index is 5.26. The van der Waals surface area contributed by atoms with Crippen molar-refractivity contribution in [3.63, 3.8) is 0 Å². The summed E-state index contributed by atoms with van der Waals surface area (Å²) < 4.78 is 5.26. The number of oxazole rings is 1. The Hall–Kier alpha value is -1.26. The number of benzene rings is 1. The molecule has 0 spiro atoms. The maximum absolute atomic E-state index is 5.26. The molecule has 1 heterocycles. The van der Waals surface area contributed by atoms with Gasteiger partial charge in [-0.3, -0.25) is 0 Å². The molecule has 2 rings (SSSR count). The lowest BCUT2D eigenvalue weighted by Gasteiger charge is -2.17. The predicted octanol–water partition coefficient (Wildman–Crippen LogP) is 3.68. The first-order valence-corrected chi connectivity index (χ1v) is 7.66. The Morgan fingerprint density at radius 1 is 1.26 bits per heavy atom. The molecule has 3 nitrogen and oxygen atoms in total. The fourth-order valence-electron chi connectivity index (χ4n) is 1.94. The number of nitrogens with zero attached hydrogens (tertiary/aromatic N) is 1. The highest BCUT2D eigenvalue weighted by atomic mass is 32.2. The van der Waals surface area contributed by atoms with Gasteiger partial charge in [0.05, 0.1) is 6.20 Å². The van der Waals surface area contributed by atoms with Crippen LogP contribution in [0.2, 0.25) is 0 Å². The van der Waals surface area contributed by atoms with Crippen LogP contribution in [0, 0.1) is 0 Å². The van der Waals surface area contributed by atoms with E-state index in [2.05, 4.69) is 48.4 Å². The van der Waals surface area contributed by atoms with Gasteiger partial charge in [0.2, 0.25) is 0 Å². The van der Waals surface area contributed by atoms with Gasteiger partial charge in [-0.25, -0.2) is 4.98 Å². The van der Waals surface area contributed by atoms with Crippen molar-refractivity contribution in [2.24, 2.45) is 0 Å². The van der Waals surface area contributed by atoms with Gasteiger partial charge in [0.15, 0.2) is 0 Å². The molecule has 19 heavy (non-hydrogen) atoms. The van der Waals surface area contributed by atoms with E-state index in [0.717, 1.165) is 23.9 Å². The molecule has 1 unspecified atom stereocenters. The third kappa shape index (κ3) is 4.11. The molecule has 0 amide bonds. The molecule has 0 aliphatic rings. The van der Waals surface area contributed by atoms with Gasteiger partial charge in [-0.15, -0.1) is 0 Å². The van der Waals surface area contributed by atoms with E-state index in [9.17, 15) is 0 Å². The van der Waals surface area contributed by atoms with Crippen LogP contribution in [0.4, 0.5) is 0 Å². The zero-order chi connectivity index (χ0) is 13.5. The molecule has 0 aliphatic carbocycles. The number of aryl methyl sites for hydroxylation is 1. The molecule has 2 aromatic rings. The first-order chi connectivity index (χ1) is 9.33. The molecule has 4 heteroatoms. The summed E-state index contributed by atoms with van der Waals surface area (Å²) in [4.78, 5) is 4.14. The summed E-state index contributed by atoms with van der Waals surface area (Å²) in [5.74, 6) is 0.916. The first-order valence-electron chi connectivity index (χ1n) is 6.68. The van der Waals surface area contributed by atoms with E-state index in [1.54, 1.807) is 24.2 Å². The second kappa shape index (κ2) is 7.36. The standard InChI is InChI=1S/C15H20N2OS/c1-3-12-5-7-13(8-6-12)14(16-4-2)11-19-15-17-9-10-18-15/h5-10,14,16H,3-4,11H2,1-2H3. The highest BCUT2D eigenvalue weighted by Gasteiger charge is 2.12. The molecule has 1 aromatic heterocycles. The zero-order valence-electron chi connectivity index (χ0n) is 11.4. The van der Waals surface area contributed by atoms with E-state index in [0.29, 0.717) is 6.04 Å². The van der Waals surface area contributed by atoms with E-state index >= 15 is 0 Å². The van der Waals surface area contributed by atoms with Gasteiger partial charge in [0.1, 0.15) is 6.26 Å². The molecular weight excluding hydrogens is 256 g/mol. The Morgan fingerprint density at radius 2 is 2.05 bits per heavy atom. The Bertz CT molecular complexity index is 467. The van der Waals surface area contributed by atoms with Gasteiger partial charge in [0, 0.05) is 11.8 Å². The van der Waals surface area contributed by atoms with Crippen LogP contribution < -0.4 is 5.32 Å². The van der Waals surface area contributed by atoms with Crippen molar-refractivity contribution in [1.82, 2.24) is 10.3 Å². The van der Waals surface area contributed by atoms with Crippen LogP contribution in [0.3, 0.4) is 0 Å². The largest absolute Gasteiger partial charge is 0.440 e. The summed E-state index contributed by atoms with van der Waals surface area (Å²) in [5, 5.41) is 4.24. The van der Waals surface area contributed by atoms with Crippen molar-refractivity contribution in [2.45, 2.75) is 31.5 Å². The topological polar surface area (TPSA) is 38.1 Å². The number of thioether (sulfide) groups is 1. The minimum absolute atomic E-state index is 0.327. The van der Waals surface area contributed by atoms with E-state index in [-0.39, 0.29) is 0 Å². The Balaban J connectivity index is 2.01. The minimum Gasteiger partial charge on any atom is -0.440 e. The summed E-state index contributed by atoms with van der Waals surface area (Å²) in [7, 11) is 0. The third-order valence-corrected chi connectivity index (χ3v) is 3.97. The van der Waals surface area contributed by atoms with Gasteiger partial charge >= 0.3 is 0 Å². The van der Waals surface area contributed by atoms with Gasteiger partial charge in [-0.1, -0.05) is 49.9 Å². The number of rotatable bonds is 7. The van der Waals surface area contributed by atoms with Gasteiger partial charge in [-0.05, 0) is 24.1 Å². The molecule has 1 N–H and O–H groups in total. The van der Waals surface area contributed by atoms with Gasteiger partial charge in [-0.2, -0.15) is 0 Å². The molecule has 0 saturated carbocycles. The van der Waals surface area contributed by atoms with Crippen LogP contribution in [-0.2, 0) is 6.42 Å². The highest BCUT2D eigenvalue weighted by Crippen LogP contribution is 2.23.